The predicted molar refractivity (Wildman–Crippen MR) is 121 cm³/mol. The molecule has 1 aliphatic rings. The highest BCUT2D eigenvalue weighted by molar-refractivity contribution is 6.11. The lowest BCUT2D eigenvalue weighted by atomic mass is 9.82. The van der Waals surface area contributed by atoms with Crippen LogP contribution in [0.3, 0.4) is 0 Å². The SMILES string of the molecule is COC(=O)[C@@]1(Cc2ccc(O)c(C[C@H](O)C(C)(C)O)c2)OC(=O)C(OC)=C1c1ccc(O)cc1. The molecule has 9 nitrogen and oxygen atoms in total. The maximum Gasteiger partial charge on any atom is 0.375 e. The maximum absolute atomic E-state index is 13.1. The Labute approximate surface area is 196 Å². The summed E-state index contributed by atoms with van der Waals surface area (Å²) in [6.07, 6.45) is -1.39. The molecule has 0 unspecified atom stereocenters. The van der Waals surface area contributed by atoms with Crippen molar-refractivity contribution in [1.82, 2.24) is 0 Å². The van der Waals surface area contributed by atoms with Gasteiger partial charge in [0.25, 0.3) is 0 Å². The minimum absolute atomic E-state index is 0.00855. The number of hydrogen-bond donors (Lipinski definition) is 4. The van der Waals surface area contributed by atoms with Gasteiger partial charge in [-0.3, -0.25) is 0 Å². The first-order chi connectivity index (χ1) is 15.9. The summed E-state index contributed by atoms with van der Waals surface area (Å²) in [5, 5.41) is 40.3. The Morgan fingerprint density at radius 2 is 1.76 bits per heavy atom. The van der Waals surface area contributed by atoms with Crippen molar-refractivity contribution in [2.75, 3.05) is 14.2 Å². The van der Waals surface area contributed by atoms with Gasteiger partial charge in [0.05, 0.1) is 31.5 Å². The average molecular weight is 472 g/mol. The Kier molecular flexibility index (Phi) is 6.90. The molecule has 2 aromatic rings. The van der Waals surface area contributed by atoms with E-state index < -0.39 is 29.2 Å². The Morgan fingerprint density at radius 3 is 2.32 bits per heavy atom. The van der Waals surface area contributed by atoms with E-state index in [9.17, 15) is 30.0 Å². The number of rotatable bonds is 8. The highest BCUT2D eigenvalue weighted by Gasteiger charge is 2.56. The monoisotopic (exact) mass is 472 g/mol. The van der Waals surface area contributed by atoms with Crippen molar-refractivity contribution >= 4 is 17.5 Å². The Hall–Kier alpha value is -3.56. The first-order valence-electron chi connectivity index (χ1n) is 10.5. The van der Waals surface area contributed by atoms with Crippen LogP contribution in [0.25, 0.3) is 5.57 Å². The number of esters is 2. The summed E-state index contributed by atoms with van der Waals surface area (Å²) in [5.41, 5.74) is -1.95. The molecule has 0 aromatic heterocycles. The molecule has 0 aliphatic carbocycles. The minimum atomic E-state index is -1.91. The van der Waals surface area contributed by atoms with E-state index in [1.165, 1.54) is 58.4 Å². The molecule has 0 saturated heterocycles. The van der Waals surface area contributed by atoms with Gasteiger partial charge in [-0.25, -0.2) is 9.59 Å². The number of benzene rings is 2. The molecule has 0 saturated carbocycles. The Balaban J connectivity index is 2.11. The number of aromatic hydroxyl groups is 2. The molecule has 3 rings (SSSR count). The number of cyclic esters (lactones) is 1. The topological polar surface area (TPSA) is 143 Å². The van der Waals surface area contributed by atoms with Crippen LogP contribution in [0, 0.1) is 0 Å². The summed E-state index contributed by atoms with van der Waals surface area (Å²) in [6.45, 7) is 2.90. The molecule has 9 heteroatoms. The van der Waals surface area contributed by atoms with Crippen LogP contribution < -0.4 is 0 Å². The standard InChI is InChI=1S/C25H28O9/c1-24(2,31)19(28)12-16-11-14(5-10-18(16)27)13-25(23(30)33-4)20(21(32-3)22(29)34-25)15-6-8-17(26)9-7-15/h5-11,19,26-28,31H,12-13H2,1-4H3/t19-,25-/m0/s1. The van der Waals surface area contributed by atoms with Crippen LogP contribution in [0.4, 0.5) is 0 Å². The van der Waals surface area contributed by atoms with Gasteiger partial charge < -0.3 is 34.6 Å². The average Bonchev–Trinajstić information content (AvgIpc) is 3.07. The summed E-state index contributed by atoms with van der Waals surface area (Å²) < 4.78 is 15.9. The van der Waals surface area contributed by atoms with Crippen molar-refractivity contribution in [1.29, 1.82) is 0 Å². The molecular formula is C25H28O9. The number of aliphatic hydroxyl groups excluding tert-OH is 1. The fraction of sp³-hybridized carbons (Fsp3) is 0.360. The van der Waals surface area contributed by atoms with Crippen molar-refractivity contribution in [3.05, 3.63) is 64.9 Å². The summed E-state index contributed by atoms with van der Waals surface area (Å²) in [7, 11) is 2.44. The zero-order valence-electron chi connectivity index (χ0n) is 19.4. The summed E-state index contributed by atoms with van der Waals surface area (Å²) >= 11 is 0. The van der Waals surface area contributed by atoms with Crippen molar-refractivity contribution < 1.29 is 44.2 Å². The van der Waals surface area contributed by atoms with Crippen LogP contribution in [0.5, 0.6) is 11.5 Å². The van der Waals surface area contributed by atoms with Crippen LogP contribution in [-0.4, -0.2) is 63.9 Å². The number of phenolic OH excluding ortho intramolecular Hbond substituents is 2. The molecule has 182 valence electrons. The second-order valence-electron chi connectivity index (χ2n) is 8.68. The molecule has 1 heterocycles. The van der Waals surface area contributed by atoms with Gasteiger partial charge in [0.15, 0.2) is 0 Å². The zero-order chi connectivity index (χ0) is 25.3. The van der Waals surface area contributed by atoms with Gasteiger partial charge >= 0.3 is 11.9 Å². The summed E-state index contributed by atoms with van der Waals surface area (Å²) in [4.78, 5) is 25.8. The van der Waals surface area contributed by atoms with E-state index in [1.54, 1.807) is 12.1 Å². The molecule has 0 bridgehead atoms. The molecule has 1 aliphatic heterocycles. The van der Waals surface area contributed by atoms with E-state index in [-0.39, 0.29) is 35.7 Å². The van der Waals surface area contributed by atoms with Crippen LogP contribution in [-0.2, 0) is 36.6 Å². The van der Waals surface area contributed by atoms with E-state index in [1.807, 2.05) is 0 Å². The molecule has 0 fully saturated rings. The third kappa shape index (κ3) is 4.71. The van der Waals surface area contributed by atoms with E-state index in [2.05, 4.69) is 0 Å². The lowest BCUT2D eigenvalue weighted by Crippen LogP contribution is -2.44. The van der Waals surface area contributed by atoms with Crippen LogP contribution in [0.1, 0.15) is 30.5 Å². The lowest BCUT2D eigenvalue weighted by Gasteiger charge is -2.29. The molecular weight excluding hydrogens is 444 g/mol. The second-order valence-corrected chi connectivity index (χ2v) is 8.68. The quantitative estimate of drug-likeness (QED) is 0.423. The largest absolute Gasteiger partial charge is 0.508 e. The summed E-state index contributed by atoms with van der Waals surface area (Å²) in [5.74, 6) is -1.98. The van der Waals surface area contributed by atoms with Crippen molar-refractivity contribution in [3.63, 3.8) is 0 Å². The molecule has 0 radical (unpaired) electrons. The van der Waals surface area contributed by atoms with Gasteiger partial charge in [-0.1, -0.05) is 24.3 Å². The maximum atomic E-state index is 13.1. The van der Waals surface area contributed by atoms with Gasteiger partial charge in [0.2, 0.25) is 11.4 Å². The number of carbonyl (C=O) groups is 2. The Bertz CT molecular complexity index is 1110. The molecule has 0 spiro atoms. The van der Waals surface area contributed by atoms with E-state index in [0.717, 1.165) is 0 Å². The summed E-state index contributed by atoms with van der Waals surface area (Å²) in [6, 6.07) is 10.3. The lowest BCUT2D eigenvalue weighted by molar-refractivity contribution is -0.169. The fourth-order valence-electron chi connectivity index (χ4n) is 3.88. The van der Waals surface area contributed by atoms with Crippen LogP contribution in [0.15, 0.2) is 48.2 Å². The van der Waals surface area contributed by atoms with Crippen LogP contribution >= 0.6 is 0 Å². The number of carbonyl (C=O) groups excluding carboxylic acids is 2. The predicted octanol–water partition coefficient (Wildman–Crippen LogP) is 1.84. The second kappa shape index (κ2) is 9.36. The first kappa shape index (κ1) is 25.1. The molecule has 4 N–H and O–H groups in total. The highest BCUT2D eigenvalue weighted by Crippen LogP contribution is 2.44. The van der Waals surface area contributed by atoms with Crippen molar-refractivity contribution in [2.45, 2.75) is 44.0 Å². The van der Waals surface area contributed by atoms with Gasteiger partial charge in [-0.2, -0.15) is 0 Å². The van der Waals surface area contributed by atoms with Gasteiger partial charge in [-0.15, -0.1) is 0 Å². The fourth-order valence-corrected chi connectivity index (χ4v) is 3.88. The molecule has 0 amide bonds. The van der Waals surface area contributed by atoms with Crippen LogP contribution in [0.2, 0.25) is 0 Å². The normalized spacial score (nSPS) is 19.1. The van der Waals surface area contributed by atoms with Crippen molar-refractivity contribution in [2.24, 2.45) is 0 Å². The zero-order valence-corrected chi connectivity index (χ0v) is 19.4. The third-order valence-corrected chi connectivity index (χ3v) is 5.78. The van der Waals surface area contributed by atoms with Gasteiger partial charge in [-0.05, 0) is 48.7 Å². The minimum Gasteiger partial charge on any atom is -0.508 e. The van der Waals surface area contributed by atoms with Crippen molar-refractivity contribution in [3.8, 4) is 11.5 Å². The Morgan fingerprint density at radius 1 is 1.12 bits per heavy atom. The number of hydrogen-bond acceptors (Lipinski definition) is 9. The highest BCUT2D eigenvalue weighted by atomic mass is 16.6. The van der Waals surface area contributed by atoms with E-state index in [4.69, 9.17) is 14.2 Å². The number of phenols is 2. The van der Waals surface area contributed by atoms with Gasteiger partial charge in [0, 0.05) is 12.8 Å². The molecule has 2 atom stereocenters. The molecule has 34 heavy (non-hydrogen) atoms. The van der Waals surface area contributed by atoms with E-state index >= 15 is 0 Å². The number of ether oxygens (including phenoxy) is 3. The number of methoxy groups -OCH3 is 2. The smallest absolute Gasteiger partial charge is 0.375 e. The molecule has 2 aromatic carbocycles. The third-order valence-electron chi connectivity index (χ3n) is 5.78. The van der Waals surface area contributed by atoms with E-state index in [0.29, 0.717) is 16.7 Å². The number of aliphatic hydroxyl groups is 2. The van der Waals surface area contributed by atoms with Gasteiger partial charge in [0.1, 0.15) is 11.5 Å². The first-order valence-corrected chi connectivity index (χ1v) is 10.5.